The number of likely N-dealkylation sites (tertiary alicyclic amines) is 1. The van der Waals surface area contributed by atoms with Crippen LogP contribution < -0.4 is 10.6 Å². The van der Waals surface area contributed by atoms with Gasteiger partial charge in [-0.15, -0.1) is 10.2 Å². The second-order valence-electron chi connectivity index (χ2n) is 9.39. The third kappa shape index (κ3) is 6.15. The predicted octanol–water partition coefficient (Wildman–Crippen LogP) is 5.59. The zero-order valence-corrected chi connectivity index (χ0v) is 20.5. The van der Waals surface area contributed by atoms with Gasteiger partial charge >= 0.3 is 0 Å². The Morgan fingerprint density at radius 1 is 0.889 bits per heavy atom. The summed E-state index contributed by atoms with van der Waals surface area (Å²) in [6.07, 6.45) is 1.92. The van der Waals surface area contributed by atoms with Crippen molar-refractivity contribution in [2.45, 2.75) is 32.4 Å². The van der Waals surface area contributed by atoms with Gasteiger partial charge in [-0.05, 0) is 61.7 Å². The molecule has 0 saturated carbocycles. The van der Waals surface area contributed by atoms with Crippen LogP contribution in [0.4, 0.5) is 11.5 Å². The topological polar surface area (TPSA) is 70.2 Å². The van der Waals surface area contributed by atoms with Gasteiger partial charge in [-0.2, -0.15) is 0 Å². The number of hydrogen-bond donors (Lipinski definition) is 2. The van der Waals surface area contributed by atoms with Crippen LogP contribution in [-0.2, 0) is 6.54 Å². The summed E-state index contributed by atoms with van der Waals surface area (Å²) in [7, 11) is 0. The van der Waals surface area contributed by atoms with Gasteiger partial charge < -0.3 is 10.6 Å². The van der Waals surface area contributed by atoms with Crippen molar-refractivity contribution in [3.05, 3.63) is 108 Å². The van der Waals surface area contributed by atoms with Crippen LogP contribution in [0.15, 0.2) is 91.0 Å². The van der Waals surface area contributed by atoms with Gasteiger partial charge in [0, 0.05) is 42.5 Å². The minimum absolute atomic E-state index is 0.0407. The second kappa shape index (κ2) is 11.1. The van der Waals surface area contributed by atoms with Crippen molar-refractivity contribution in [3.8, 4) is 11.3 Å². The highest BCUT2D eigenvalue weighted by Gasteiger charge is 2.21. The molecule has 1 amide bonds. The maximum Gasteiger partial charge on any atom is 0.251 e. The average molecular weight is 478 g/mol. The number of carbonyl (C=O) groups is 1. The summed E-state index contributed by atoms with van der Waals surface area (Å²) < 4.78 is 0. The molecule has 5 rings (SSSR count). The summed E-state index contributed by atoms with van der Waals surface area (Å²) in [5, 5.41) is 15.2. The zero-order valence-electron chi connectivity index (χ0n) is 20.5. The number of nitrogens with one attached hydrogen (secondary N) is 2. The Morgan fingerprint density at radius 3 is 2.44 bits per heavy atom. The molecule has 0 unspecified atom stereocenters. The minimum Gasteiger partial charge on any atom is -0.349 e. The fraction of sp³-hybridized carbons (Fsp3) is 0.233. The van der Waals surface area contributed by atoms with Crippen LogP contribution in [-0.4, -0.2) is 40.1 Å². The summed E-state index contributed by atoms with van der Waals surface area (Å²) in [5.41, 5.74) is 5.82. The van der Waals surface area contributed by atoms with Crippen LogP contribution >= 0.6 is 0 Å². The summed E-state index contributed by atoms with van der Waals surface area (Å²) in [6, 6.07) is 30.3. The molecule has 1 saturated heterocycles. The smallest absolute Gasteiger partial charge is 0.251 e. The van der Waals surface area contributed by atoms with Crippen LogP contribution in [0.1, 0.15) is 34.3 Å². The first-order chi connectivity index (χ1) is 17.6. The van der Waals surface area contributed by atoms with Gasteiger partial charge in [0.15, 0.2) is 5.82 Å². The molecular formula is C30H31N5O. The van der Waals surface area contributed by atoms with E-state index in [1.807, 2.05) is 54.6 Å². The van der Waals surface area contributed by atoms with Crippen LogP contribution in [0, 0.1) is 6.92 Å². The normalized spacial score (nSPS) is 14.4. The Bertz CT molecular complexity index is 1300. The van der Waals surface area contributed by atoms with E-state index in [1.54, 1.807) is 0 Å². The number of nitrogens with zero attached hydrogens (tertiary/aromatic N) is 3. The fourth-order valence-electron chi connectivity index (χ4n) is 4.59. The van der Waals surface area contributed by atoms with Crippen molar-refractivity contribution in [1.29, 1.82) is 0 Å². The number of piperidine rings is 1. The maximum absolute atomic E-state index is 12.9. The van der Waals surface area contributed by atoms with Gasteiger partial charge in [-0.25, -0.2) is 0 Å². The molecule has 1 aromatic heterocycles. The molecule has 0 radical (unpaired) electrons. The number of carbonyl (C=O) groups excluding carboxylic acids is 1. The van der Waals surface area contributed by atoms with E-state index in [-0.39, 0.29) is 11.9 Å². The molecule has 6 nitrogen and oxygen atoms in total. The van der Waals surface area contributed by atoms with E-state index < -0.39 is 0 Å². The van der Waals surface area contributed by atoms with Gasteiger partial charge in [0.25, 0.3) is 5.91 Å². The van der Waals surface area contributed by atoms with Gasteiger partial charge in [0.2, 0.25) is 0 Å². The second-order valence-corrected chi connectivity index (χ2v) is 9.39. The van der Waals surface area contributed by atoms with Crippen LogP contribution in [0.25, 0.3) is 11.3 Å². The van der Waals surface area contributed by atoms with E-state index in [1.165, 1.54) is 11.1 Å². The lowest BCUT2D eigenvalue weighted by Crippen LogP contribution is -2.44. The molecular weight excluding hydrogens is 446 g/mol. The standard InChI is InChI=1S/C30H31N5O/c1-22-7-5-10-24(19-22)28-13-14-29(34-33-28)31-27-12-6-11-25(20-27)30(36)32-26-15-17-35(18-16-26)21-23-8-3-2-4-9-23/h2-14,19-20,26H,15-18,21H2,1H3,(H,31,34)(H,32,36). The van der Waals surface area contributed by atoms with E-state index in [9.17, 15) is 4.79 Å². The zero-order chi connectivity index (χ0) is 24.7. The Morgan fingerprint density at radius 2 is 1.69 bits per heavy atom. The van der Waals surface area contributed by atoms with Gasteiger partial charge in [0.05, 0.1) is 5.69 Å². The summed E-state index contributed by atoms with van der Waals surface area (Å²) in [6.45, 7) is 4.99. The first kappa shape index (κ1) is 23.7. The molecule has 1 aliphatic heterocycles. The molecule has 2 heterocycles. The molecule has 4 aromatic rings. The molecule has 0 spiro atoms. The van der Waals surface area contributed by atoms with E-state index in [2.05, 4.69) is 69.1 Å². The Balaban J connectivity index is 1.15. The molecule has 6 heteroatoms. The highest BCUT2D eigenvalue weighted by Crippen LogP contribution is 2.21. The van der Waals surface area contributed by atoms with Gasteiger partial charge in [0.1, 0.15) is 0 Å². The summed E-state index contributed by atoms with van der Waals surface area (Å²) >= 11 is 0. The van der Waals surface area contributed by atoms with Gasteiger partial charge in [-0.1, -0.05) is 60.2 Å². The molecule has 3 aromatic carbocycles. The molecule has 182 valence electrons. The quantitative estimate of drug-likeness (QED) is 0.363. The maximum atomic E-state index is 12.9. The number of rotatable bonds is 7. The predicted molar refractivity (Wildman–Crippen MR) is 144 cm³/mol. The number of benzene rings is 3. The van der Waals surface area contributed by atoms with E-state index in [0.29, 0.717) is 11.4 Å². The number of amides is 1. The van der Waals surface area contributed by atoms with E-state index in [4.69, 9.17) is 0 Å². The largest absolute Gasteiger partial charge is 0.349 e. The number of hydrogen-bond acceptors (Lipinski definition) is 5. The lowest BCUT2D eigenvalue weighted by molar-refractivity contribution is 0.0909. The Hall–Kier alpha value is -4.03. The lowest BCUT2D eigenvalue weighted by Gasteiger charge is -2.32. The van der Waals surface area contributed by atoms with Crippen LogP contribution in [0.5, 0.6) is 0 Å². The number of aryl methyl sites for hydroxylation is 1. The van der Waals surface area contributed by atoms with Crippen LogP contribution in [0.3, 0.4) is 0 Å². The SMILES string of the molecule is Cc1cccc(-c2ccc(Nc3cccc(C(=O)NC4CCN(Cc5ccccc5)CC4)c3)nn2)c1. The average Bonchev–Trinajstić information content (AvgIpc) is 2.91. The minimum atomic E-state index is -0.0407. The van der Waals surface area contributed by atoms with Crippen molar-refractivity contribution in [2.24, 2.45) is 0 Å². The van der Waals surface area contributed by atoms with Crippen molar-refractivity contribution in [1.82, 2.24) is 20.4 Å². The van der Waals surface area contributed by atoms with Crippen LogP contribution in [0.2, 0.25) is 0 Å². The van der Waals surface area contributed by atoms with Crippen molar-refractivity contribution >= 4 is 17.4 Å². The molecule has 0 aliphatic carbocycles. The fourth-order valence-corrected chi connectivity index (χ4v) is 4.59. The number of aromatic nitrogens is 2. The third-order valence-electron chi connectivity index (χ3n) is 6.55. The molecule has 0 atom stereocenters. The molecule has 1 fully saturated rings. The van der Waals surface area contributed by atoms with Crippen molar-refractivity contribution < 1.29 is 4.79 Å². The molecule has 1 aliphatic rings. The highest BCUT2D eigenvalue weighted by atomic mass is 16.1. The Kier molecular flexibility index (Phi) is 7.33. The third-order valence-corrected chi connectivity index (χ3v) is 6.55. The number of anilines is 2. The van der Waals surface area contributed by atoms with Crippen molar-refractivity contribution in [2.75, 3.05) is 18.4 Å². The van der Waals surface area contributed by atoms with E-state index >= 15 is 0 Å². The molecule has 36 heavy (non-hydrogen) atoms. The first-order valence-corrected chi connectivity index (χ1v) is 12.5. The monoisotopic (exact) mass is 477 g/mol. The summed E-state index contributed by atoms with van der Waals surface area (Å²) in [4.78, 5) is 15.4. The summed E-state index contributed by atoms with van der Waals surface area (Å²) in [5.74, 6) is 0.593. The van der Waals surface area contributed by atoms with Crippen molar-refractivity contribution in [3.63, 3.8) is 0 Å². The van der Waals surface area contributed by atoms with E-state index in [0.717, 1.165) is 49.4 Å². The van der Waals surface area contributed by atoms with Gasteiger partial charge in [-0.3, -0.25) is 9.69 Å². The highest BCUT2D eigenvalue weighted by molar-refractivity contribution is 5.95. The first-order valence-electron chi connectivity index (χ1n) is 12.5. The molecule has 0 bridgehead atoms. The Labute approximate surface area is 212 Å². The lowest BCUT2D eigenvalue weighted by atomic mass is 10.0. The molecule has 2 N–H and O–H groups in total.